The van der Waals surface area contributed by atoms with Crippen molar-refractivity contribution in [3.05, 3.63) is 46.6 Å². The van der Waals surface area contributed by atoms with Crippen molar-refractivity contribution in [1.29, 1.82) is 0 Å². The van der Waals surface area contributed by atoms with Gasteiger partial charge < -0.3 is 10.4 Å². The number of anilines is 1. The number of aromatic nitrogens is 2. The number of carbonyl (C=O) groups is 2. The van der Waals surface area contributed by atoms with Crippen LogP contribution in [0.25, 0.3) is 0 Å². The Labute approximate surface area is 122 Å². The maximum atomic E-state index is 12.3. The number of rotatable bonds is 4. The molecule has 0 saturated heterocycles. The van der Waals surface area contributed by atoms with E-state index in [4.69, 9.17) is 5.11 Å². The van der Waals surface area contributed by atoms with Crippen LogP contribution in [-0.4, -0.2) is 26.8 Å². The van der Waals surface area contributed by atoms with Crippen LogP contribution in [0.5, 0.6) is 0 Å². The molecule has 110 valence electrons. The van der Waals surface area contributed by atoms with E-state index < -0.39 is 5.97 Å². The van der Waals surface area contributed by atoms with Gasteiger partial charge in [0.1, 0.15) is 6.54 Å². The zero-order chi connectivity index (χ0) is 15.6. The van der Waals surface area contributed by atoms with Crippen LogP contribution in [0.15, 0.2) is 24.4 Å². The maximum Gasteiger partial charge on any atom is 0.325 e. The Bertz CT molecular complexity index is 681. The lowest BCUT2D eigenvalue weighted by Crippen LogP contribution is -2.16. The van der Waals surface area contributed by atoms with E-state index >= 15 is 0 Å². The van der Waals surface area contributed by atoms with Crippen LogP contribution in [0.1, 0.15) is 27.0 Å². The first-order chi connectivity index (χ1) is 9.86. The van der Waals surface area contributed by atoms with E-state index in [1.165, 1.54) is 10.9 Å². The van der Waals surface area contributed by atoms with Crippen LogP contribution in [0.3, 0.4) is 0 Å². The van der Waals surface area contributed by atoms with E-state index in [1.54, 1.807) is 6.07 Å². The summed E-state index contributed by atoms with van der Waals surface area (Å²) in [5.74, 6) is -0.896. The van der Waals surface area contributed by atoms with Crippen LogP contribution >= 0.6 is 0 Å². The van der Waals surface area contributed by atoms with Gasteiger partial charge in [0.05, 0.1) is 0 Å². The van der Waals surface area contributed by atoms with Gasteiger partial charge in [-0.3, -0.25) is 14.3 Å². The molecule has 2 aromatic rings. The molecule has 0 aliphatic rings. The van der Waals surface area contributed by atoms with Gasteiger partial charge in [-0.15, -0.1) is 0 Å². The molecule has 1 heterocycles. The van der Waals surface area contributed by atoms with Crippen molar-refractivity contribution in [2.24, 2.45) is 0 Å². The van der Waals surface area contributed by atoms with Gasteiger partial charge in [0.25, 0.3) is 5.91 Å². The average molecular weight is 287 g/mol. The molecule has 1 amide bonds. The maximum absolute atomic E-state index is 12.3. The lowest BCUT2D eigenvalue weighted by atomic mass is 9.99. The smallest absolute Gasteiger partial charge is 0.325 e. The fraction of sp³-hybridized carbons (Fsp3) is 0.267. The standard InChI is InChI=1S/C15H17N3O3/c1-9-6-10(2)14(11(3)7-9)15(21)16-12-4-5-18(17-12)8-13(19)20/h4-7H,8H2,1-3H3,(H,19,20)(H,16,17,21). The molecular formula is C15H17N3O3. The van der Waals surface area contributed by atoms with Gasteiger partial charge in [0, 0.05) is 17.8 Å². The fourth-order valence-electron chi connectivity index (χ4n) is 2.37. The van der Waals surface area contributed by atoms with E-state index in [0.717, 1.165) is 16.7 Å². The van der Waals surface area contributed by atoms with Crippen LogP contribution < -0.4 is 5.32 Å². The number of aliphatic carboxylic acids is 1. The fourth-order valence-corrected chi connectivity index (χ4v) is 2.37. The van der Waals surface area contributed by atoms with Gasteiger partial charge in [-0.25, -0.2) is 0 Å². The van der Waals surface area contributed by atoms with E-state index in [-0.39, 0.29) is 12.5 Å². The van der Waals surface area contributed by atoms with Gasteiger partial charge in [0.15, 0.2) is 5.82 Å². The largest absolute Gasteiger partial charge is 0.480 e. The number of nitrogens with one attached hydrogen (secondary N) is 1. The Hall–Kier alpha value is -2.63. The van der Waals surface area contributed by atoms with Crippen molar-refractivity contribution in [2.45, 2.75) is 27.3 Å². The summed E-state index contributed by atoms with van der Waals surface area (Å²) in [6, 6.07) is 5.47. The summed E-state index contributed by atoms with van der Waals surface area (Å²) >= 11 is 0. The molecule has 6 heteroatoms. The van der Waals surface area contributed by atoms with Crippen LogP contribution in [0.4, 0.5) is 5.82 Å². The number of carboxylic acids is 1. The molecule has 0 bridgehead atoms. The first-order valence-electron chi connectivity index (χ1n) is 6.51. The van der Waals surface area contributed by atoms with Gasteiger partial charge in [0.2, 0.25) is 0 Å². The lowest BCUT2D eigenvalue weighted by Gasteiger charge is -2.10. The molecule has 21 heavy (non-hydrogen) atoms. The summed E-state index contributed by atoms with van der Waals surface area (Å²) in [5.41, 5.74) is 3.52. The number of nitrogens with zero attached hydrogens (tertiary/aromatic N) is 2. The SMILES string of the molecule is Cc1cc(C)c(C(=O)Nc2ccn(CC(=O)O)n2)c(C)c1. The van der Waals surface area contributed by atoms with Crippen LogP contribution in [0.2, 0.25) is 0 Å². The third-order valence-electron chi connectivity index (χ3n) is 3.08. The Morgan fingerprint density at radius 2 is 1.86 bits per heavy atom. The number of amides is 1. The van der Waals surface area contributed by atoms with Crippen LogP contribution in [-0.2, 0) is 11.3 Å². The summed E-state index contributed by atoms with van der Waals surface area (Å²) in [7, 11) is 0. The van der Waals surface area contributed by atoms with Gasteiger partial charge >= 0.3 is 5.97 Å². The van der Waals surface area contributed by atoms with Crippen molar-refractivity contribution in [2.75, 3.05) is 5.32 Å². The molecule has 2 N–H and O–H groups in total. The number of benzene rings is 1. The Morgan fingerprint density at radius 1 is 1.24 bits per heavy atom. The molecule has 0 spiro atoms. The van der Waals surface area contributed by atoms with Gasteiger partial charge in [-0.05, 0) is 31.9 Å². The molecule has 0 fully saturated rings. The Balaban J connectivity index is 2.18. The minimum absolute atomic E-state index is 0.238. The Morgan fingerprint density at radius 3 is 2.43 bits per heavy atom. The zero-order valence-corrected chi connectivity index (χ0v) is 12.2. The normalized spacial score (nSPS) is 10.4. The van der Waals surface area contributed by atoms with Crippen molar-refractivity contribution in [3.8, 4) is 0 Å². The number of hydrogen-bond acceptors (Lipinski definition) is 3. The highest BCUT2D eigenvalue weighted by atomic mass is 16.4. The number of hydrogen-bond donors (Lipinski definition) is 2. The first-order valence-corrected chi connectivity index (χ1v) is 6.51. The first kappa shape index (κ1) is 14.8. The second-order valence-corrected chi connectivity index (χ2v) is 5.02. The minimum Gasteiger partial charge on any atom is -0.480 e. The van der Waals surface area contributed by atoms with Crippen LogP contribution in [0, 0.1) is 20.8 Å². The van der Waals surface area contributed by atoms with Crippen molar-refractivity contribution < 1.29 is 14.7 Å². The highest BCUT2D eigenvalue weighted by molar-refractivity contribution is 6.05. The molecule has 0 aliphatic heterocycles. The van der Waals surface area contributed by atoms with E-state index in [0.29, 0.717) is 11.4 Å². The monoisotopic (exact) mass is 287 g/mol. The molecule has 0 saturated carbocycles. The number of carboxylic acid groups (broad SMARTS) is 1. The topological polar surface area (TPSA) is 84.2 Å². The predicted octanol–water partition coefficient (Wildman–Crippen LogP) is 2.15. The quantitative estimate of drug-likeness (QED) is 0.902. The summed E-state index contributed by atoms with van der Waals surface area (Å²) in [6.07, 6.45) is 1.51. The van der Waals surface area contributed by atoms with E-state index in [2.05, 4.69) is 10.4 Å². The number of aryl methyl sites for hydroxylation is 3. The second kappa shape index (κ2) is 5.78. The minimum atomic E-state index is -0.985. The molecule has 0 unspecified atom stereocenters. The Kier molecular flexibility index (Phi) is 4.07. The molecule has 0 radical (unpaired) electrons. The second-order valence-electron chi connectivity index (χ2n) is 5.02. The zero-order valence-electron chi connectivity index (χ0n) is 12.2. The summed E-state index contributed by atoms with van der Waals surface area (Å²) in [6.45, 7) is 5.52. The third-order valence-corrected chi connectivity index (χ3v) is 3.08. The molecule has 1 aromatic heterocycles. The van der Waals surface area contributed by atoms with Gasteiger partial charge in [-0.1, -0.05) is 17.7 Å². The molecule has 0 aliphatic carbocycles. The summed E-state index contributed by atoms with van der Waals surface area (Å²) in [5, 5.41) is 15.4. The molecular weight excluding hydrogens is 270 g/mol. The van der Waals surface area contributed by atoms with Crippen molar-refractivity contribution >= 4 is 17.7 Å². The number of carbonyl (C=O) groups excluding carboxylic acids is 1. The van der Waals surface area contributed by atoms with E-state index in [9.17, 15) is 9.59 Å². The average Bonchev–Trinajstić information content (AvgIpc) is 2.73. The highest BCUT2D eigenvalue weighted by Crippen LogP contribution is 2.17. The van der Waals surface area contributed by atoms with Gasteiger partial charge in [-0.2, -0.15) is 5.10 Å². The molecule has 0 atom stereocenters. The predicted molar refractivity (Wildman–Crippen MR) is 78.5 cm³/mol. The molecule has 1 aromatic carbocycles. The summed E-state index contributed by atoms with van der Waals surface area (Å²) in [4.78, 5) is 22.9. The molecule has 6 nitrogen and oxygen atoms in total. The van der Waals surface area contributed by atoms with Crippen molar-refractivity contribution in [1.82, 2.24) is 9.78 Å². The molecule has 2 rings (SSSR count). The third kappa shape index (κ3) is 3.47. The van der Waals surface area contributed by atoms with E-state index in [1.807, 2.05) is 32.9 Å². The lowest BCUT2D eigenvalue weighted by molar-refractivity contribution is -0.137. The summed E-state index contributed by atoms with van der Waals surface area (Å²) < 4.78 is 1.26. The van der Waals surface area contributed by atoms with Crippen molar-refractivity contribution in [3.63, 3.8) is 0 Å². The highest BCUT2D eigenvalue weighted by Gasteiger charge is 2.14.